The molecule has 5 nitrogen and oxygen atoms in total. The van der Waals surface area contributed by atoms with Gasteiger partial charge in [0.2, 0.25) is 10.0 Å². The summed E-state index contributed by atoms with van der Waals surface area (Å²) in [5, 5.41) is 0. The molecule has 1 aromatic rings. The number of ether oxygens (including phenoxy) is 1. The lowest BCUT2D eigenvalue weighted by Gasteiger charge is -2.44. The van der Waals surface area contributed by atoms with Crippen molar-refractivity contribution in [2.24, 2.45) is 5.92 Å². The summed E-state index contributed by atoms with van der Waals surface area (Å²) < 4.78 is 33.7. The minimum atomic E-state index is -3.49. The van der Waals surface area contributed by atoms with Gasteiger partial charge in [-0.2, -0.15) is 0 Å². The van der Waals surface area contributed by atoms with Gasteiger partial charge in [0.05, 0.1) is 16.5 Å². The molecule has 1 atom stereocenters. The zero-order chi connectivity index (χ0) is 15.0. The van der Waals surface area contributed by atoms with Gasteiger partial charge in [0.25, 0.3) is 0 Å². The van der Waals surface area contributed by atoms with E-state index in [-0.39, 0.29) is 10.9 Å². The summed E-state index contributed by atoms with van der Waals surface area (Å²) in [6.45, 7) is 3.01. The molecule has 3 heterocycles. The van der Waals surface area contributed by atoms with E-state index in [9.17, 15) is 8.42 Å². The van der Waals surface area contributed by atoms with Gasteiger partial charge >= 0.3 is 0 Å². The zero-order valence-corrected chi connectivity index (χ0v) is 14.3. The first-order chi connectivity index (χ1) is 9.99. The molecular formula is C14H19BrN2O3S. The van der Waals surface area contributed by atoms with Crippen LogP contribution >= 0.6 is 15.9 Å². The number of rotatable bonds is 4. The predicted molar refractivity (Wildman–Crippen MR) is 84.0 cm³/mol. The highest BCUT2D eigenvalue weighted by atomic mass is 79.9. The molecule has 0 radical (unpaired) electrons. The number of hydrogen-bond acceptors (Lipinski definition) is 4. The Hall–Kier alpha value is -0.630. The monoisotopic (exact) mass is 374 g/mol. The molecule has 21 heavy (non-hydrogen) atoms. The Labute approximate surface area is 133 Å². The van der Waals surface area contributed by atoms with Crippen LogP contribution in [0.3, 0.4) is 0 Å². The van der Waals surface area contributed by atoms with E-state index >= 15 is 0 Å². The number of sulfonamides is 1. The molecule has 2 bridgehead atoms. The molecular weight excluding hydrogens is 356 g/mol. The van der Waals surface area contributed by atoms with E-state index in [2.05, 4.69) is 25.6 Å². The summed E-state index contributed by atoms with van der Waals surface area (Å²) in [7, 11) is -1.94. The molecule has 0 aromatic heterocycles. The number of nitrogens with zero attached hydrogens (tertiary/aromatic N) is 1. The lowest BCUT2D eigenvalue weighted by molar-refractivity contribution is 0.0827. The second-order valence-electron chi connectivity index (χ2n) is 5.66. The van der Waals surface area contributed by atoms with Crippen molar-refractivity contribution in [2.45, 2.75) is 23.8 Å². The molecule has 0 spiro atoms. The summed E-state index contributed by atoms with van der Waals surface area (Å²) >= 11 is 3.33. The molecule has 0 unspecified atom stereocenters. The van der Waals surface area contributed by atoms with Crippen LogP contribution in [0.2, 0.25) is 0 Å². The van der Waals surface area contributed by atoms with Gasteiger partial charge in [-0.25, -0.2) is 13.1 Å². The van der Waals surface area contributed by atoms with Crippen LogP contribution in [-0.2, 0) is 10.0 Å². The number of piperidine rings is 3. The smallest absolute Gasteiger partial charge is 0.240 e. The van der Waals surface area contributed by atoms with E-state index in [4.69, 9.17) is 4.74 Å². The van der Waals surface area contributed by atoms with Crippen LogP contribution in [0.1, 0.15) is 12.8 Å². The lowest BCUT2D eigenvalue weighted by atomic mass is 9.85. The molecule has 0 amide bonds. The number of fused-ring (bicyclic) bond motifs is 3. The van der Waals surface area contributed by atoms with Gasteiger partial charge in [-0.3, -0.25) is 0 Å². The number of halogens is 1. The summed E-state index contributed by atoms with van der Waals surface area (Å²) in [4.78, 5) is 2.60. The molecule has 7 heteroatoms. The lowest BCUT2D eigenvalue weighted by Crippen LogP contribution is -2.57. The highest BCUT2D eigenvalue weighted by Gasteiger charge is 2.36. The third kappa shape index (κ3) is 3.11. The normalized spacial score (nSPS) is 28.6. The number of benzene rings is 1. The van der Waals surface area contributed by atoms with Crippen LogP contribution < -0.4 is 9.46 Å². The SMILES string of the molecule is COc1ccc(S(=O)(=O)N[C@@H]2CN3CCC2CC3)cc1Br. The Morgan fingerprint density at radius 1 is 1.33 bits per heavy atom. The van der Waals surface area contributed by atoms with Gasteiger partial charge in [-0.05, 0) is 66.0 Å². The van der Waals surface area contributed by atoms with Crippen molar-refractivity contribution in [1.29, 1.82) is 0 Å². The Bertz CT molecular complexity index is 627. The quantitative estimate of drug-likeness (QED) is 0.873. The highest BCUT2D eigenvalue weighted by Crippen LogP contribution is 2.30. The molecule has 1 N–H and O–H groups in total. The van der Waals surface area contributed by atoms with Crippen molar-refractivity contribution >= 4 is 26.0 Å². The van der Waals surface area contributed by atoms with E-state index in [1.807, 2.05) is 0 Å². The fourth-order valence-electron chi connectivity index (χ4n) is 3.18. The van der Waals surface area contributed by atoms with Gasteiger partial charge in [0.1, 0.15) is 5.75 Å². The maximum atomic E-state index is 12.5. The molecule has 3 aliphatic heterocycles. The largest absolute Gasteiger partial charge is 0.496 e. The molecule has 4 rings (SSSR count). The maximum Gasteiger partial charge on any atom is 0.240 e. The molecule has 0 aliphatic carbocycles. The van der Waals surface area contributed by atoms with E-state index in [1.165, 1.54) is 0 Å². The topological polar surface area (TPSA) is 58.6 Å². The first-order valence-electron chi connectivity index (χ1n) is 7.08. The van der Waals surface area contributed by atoms with E-state index in [1.54, 1.807) is 25.3 Å². The minimum Gasteiger partial charge on any atom is -0.496 e. The average Bonchev–Trinajstić information content (AvgIpc) is 2.48. The third-order valence-electron chi connectivity index (χ3n) is 4.40. The van der Waals surface area contributed by atoms with Gasteiger partial charge in [0, 0.05) is 12.6 Å². The van der Waals surface area contributed by atoms with Gasteiger partial charge in [-0.1, -0.05) is 0 Å². The van der Waals surface area contributed by atoms with Crippen molar-refractivity contribution in [2.75, 3.05) is 26.7 Å². The summed E-state index contributed by atoms with van der Waals surface area (Å²) in [6, 6.07) is 4.85. The van der Waals surface area contributed by atoms with Crippen LogP contribution in [0.4, 0.5) is 0 Å². The van der Waals surface area contributed by atoms with E-state index in [0.717, 1.165) is 32.5 Å². The van der Waals surface area contributed by atoms with Crippen LogP contribution in [0.5, 0.6) is 5.75 Å². The van der Waals surface area contributed by atoms with Crippen molar-refractivity contribution in [3.8, 4) is 5.75 Å². The Morgan fingerprint density at radius 2 is 2.05 bits per heavy atom. The number of hydrogen-bond donors (Lipinski definition) is 1. The zero-order valence-electron chi connectivity index (χ0n) is 11.9. The molecule has 3 aliphatic rings. The predicted octanol–water partition coefficient (Wildman–Crippen LogP) is 1.83. The van der Waals surface area contributed by atoms with Gasteiger partial charge < -0.3 is 9.64 Å². The van der Waals surface area contributed by atoms with Gasteiger partial charge in [-0.15, -0.1) is 0 Å². The van der Waals surface area contributed by atoms with Gasteiger partial charge in [0.15, 0.2) is 0 Å². The Morgan fingerprint density at radius 3 is 2.57 bits per heavy atom. The van der Waals surface area contributed by atoms with Crippen molar-refractivity contribution in [3.63, 3.8) is 0 Å². The second-order valence-corrected chi connectivity index (χ2v) is 8.23. The van der Waals surface area contributed by atoms with Crippen LogP contribution in [0.15, 0.2) is 27.6 Å². The van der Waals surface area contributed by atoms with Crippen LogP contribution in [-0.4, -0.2) is 46.1 Å². The molecule has 116 valence electrons. The van der Waals surface area contributed by atoms with E-state index < -0.39 is 10.0 Å². The fraction of sp³-hybridized carbons (Fsp3) is 0.571. The molecule has 3 saturated heterocycles. The molecule has 3 fully saturated rings. The third-order valence-corrected chi connectivity index (χ3v) is 6.50. The molecule has 1 aromatic carbocycles. The minimum absolute atomic E-state index is 0.0263. The van der Waals surface area contributed by atoms with Crippen LogP contribution in [0.25, 0.3) is 0 Å². The van der Waals surface area contributed by atoms with Crippen molar-refractivity contribution in [3.05, 3.63) is 22.7 Å². The van der Waals surface area contributed by atoms with Crippen molar-refractivity contribution < 1.29 is 13.2 Å². The molecule has 0 saturated carbocycles. The Kier molecular flexibility index (Phi) is 4.27. The van der Waals surface area contributed by atoms with Crippen LogP contribution in [0, 0.1) is 5.92 Å². The maximum absolute atomic E-state index is 12.5. The standard InChI is InChI=1S/C14H19BrN2O3S/c1-20-14-3-2-11(8-12(14)15)21(18,19)16-13-9-17-6-4-10(13)5-7-17/h2-3,8,10,13,16H,4-7,9H2,1H3/t13-/m1/s1. The second kappa shape index (κ2) is 5.87. The summed E-state index contributed by atoms with van der Waals surface area (Å²) in [5.41, 5.74) is 0. The average molecular weight is 375 g/mol. The fourth-order valence-corrected chi connectivity index (χ4v) is 5.19. The number of nitrogens with one attached hydrogen (secondary N) is 1. The summed E-state index contributed by atoms with van der Waals surface area (Å²) in [6.07, 6.45) is 2.17. The Balaban J connectivity index is 1.79. The highest BCUT2D eigenvalue weighted by molar-refractivity contribution is 9.10. The first-order valence-corrected chi connectivity index (χ1v) is 9.35. The van der Waals surface area contributed by atoms with Crippen molar-refractivity contribution in [1.82, 2.24) is 9.62 Å². The summed E-state index contributed by atoms with van der Waals surface area (Å²) in [5.74, 6) is 1.09. The van der Waals surface area contributed by atoms with E-state index in [0.29, 0.717) is 16.1 Å². The number of methoxy groups -OCH3 is 1. The first kappa shape index (κ1) is 15.3.